The van der Waals surface area contributed by atoms with E-state index in [-0.39, 0.29) is 47.7 Å². The molecular weight excluding hydrogens is 587 g/mol. The van der Waals surface area contributed by atoms with Crippen LogP contribution in [-0.2, 0) is 23.9 Å². The summed E-state index contributed by atoms with van der Waals surface area (Å²) in [5.74, 6) is -0.195. The summed E-state index contributed by atoms with van der Waals surface area (Å²) in [5.41, 5.74) is -1.09. The molecule has 1 spiro atoms. The van der Waals surface area contributed by atoms with Gasteiger partial charge in [-0.1, -0.05) is 11.6 Å². The Balaban J connectivity index is 1.37. The molecule has 0 bridgehead atoms. The lowest BCUT2D eigenvalue weighted by atomic mass is 9.60. The van der Waals surface area contributed by atoms with Crippen LogP contribution in [0.5, 0.6) is 0 Å². The smallest absolute Gasteiger partial charge is 0.417 e. The number of nitrogens with zero attached hydrogens (tertiary/aromatic N) is 4. The molecule has 2 aromatic rings. The number of fused-ring (bicyclic) bond motifs is 1. The summed E-state index contributed by atoms with van der Waals surface area (Å²) in [7, 11) is 0. The van der Waals surface area contributed by atoms with Crippen LogP contribution in [0.2, 0.25) is 5.02 Å². The van der Waals surface area contributed by atoms with Crippen LogP contribution >= 0.6 is 11.6 Å². The van der Waals surface area contributed by atoms with Gasteiger partial charge in [0.05, 0.1) is 22.8 Å². The first kappa shape index (κ1) is 31.2. The zero-order chi connectivity index (χ0) is 31.6. The average molecular weight is 624 g/mol. The number of nitrogens with one attached hydrogen (secondary N) is 1. The lowest BCUT2D eigenvalue weighted by Gasteiger charge is -2.59. The molecule has 2 fully saturated rings. The maximum atomic E-state index is 13.9. The highest BCUT2D eigenvalue weighted by Crippen LogP contribution is 2.54. The number of likely N-dealkylation sites (tertiary alicyclic amines) is 1. The lowest BCUT2D eigenvalue weighted by molar-refractivity contribution is -0.137. The van der Waals surface area contributed by atoms with Crippen LogP contribution in [0.25, 0.3) is 0 Å². The second kappa shape index (κ2) is 10.7. The molecule has 9 nitrogen and oxygen atoms in total. The quantitative estimate of drug-likeness (QED) is 0.456. The van der Waals surface area contributed by atoms with Gasteiger partial charge in [0.2, 0.25) is 5.95 Å². The van der Waals surface area contributed by atoms with Crippen LogP contribution in [0.15, 0.2) is 23.0 Å². The van der Waals surface area contributed by atoms with Gasteiger partial charge in [0.1, 0.15) is 5.60 Å². The summed E-state index contributed by atoms with van der Waals surface area (Å²) in [4.78, 5) is 47.7. The average Bonchev–Trinajstić information content (AvgIpc) is 2.81. The fraction of sp³-hybridized carbons (Fsp3) is 0.600. The van der Waals surface area contributed by atoms with E-state index in [2.05, 4.69) is 5.32 Å². The molecule has 43 heavy (non-hydrogen) atoms. The number of carbonyl (C=O) groups is 2. The first-order chi connectivity index (χ1) is 19.9. The van der Waals surface area contributed by atoms with Crippen LogP contribution in [0, 0.1) is 5.41 Å². The molecule has 1 atom stereocenters. The third-order valence-corrected chi connectivity index (χ3v) is 8.58. The molecule has 0 radical (unpaired) electrons. The molecule has 5 rings (SSSR count). The van der Waals surface area contributed by atoms with Crippen LogP contribution < -0.4 is 10.9 Å². The maximum Gasteiger partial charge on any atom is 0.417 e. The molecule has 1 aromatic heterocycles. The predicted molar refractivity (Wildman–Crippen MR) is 155 cm³/mol. The number of ether oxygens (including phenoxy) is 1. The summed E-state index contributed by atoms with van der Waals surface area (Å²) in [6.07, 6.45) is -3.38. The predicted octanol–water partition coefficient (Wildman–Crippen LogP) is 5.89. The van der Waals surface area contributed by atoms with Crippen LogP contribution in [0.1, 0.15) is 87.6 Å². The van der Waals surface area contributed by atoms with Gasteiger partial charge < -0.3 is 19.9 Å². The van der Waals surface area contributed by atoms with Crippen molar-refractivity contribution in [3.63, 3.8) is 0 Å². The van der Waals surface area contributed by atoms with Crippen molar-refractivity contribution >= 4 is 29.5 Å². The second-order valence-corrected chi connectivity index (χ2v) is 13.8. The summed E-state index contributed by atoms with van der Waals surface area (Å²) in [5, 5.41) is 2.79. The molecule has 0 unspecified atom stereocenters. The molecule has 1 aromatic carbocycles. The van der Waals surface area contributed by atoms with E-state index in [0.717, 1.165) is 25.0 Å². The van der Waals surface area contributed by atoms with E-state index in [4.69, 9.17) is 21.3 Å². The second-order valence-electron chi connectivity index (χ2n) is 13.4. The van der Waals surface area contributed by atoms with Crippen LogP contribution in [-0.4, -0.2) is 62.1 Å². The zero-order valence-electron chi connectivity index (χ0n) is 25.1. The standard InChI is InChI=1S/C30H37ClF3N5O4/c1-16(2)35-26-36-23-13-38(24(40)18-7-8-22(31)21(10-18)30(32,33)34)17(3)9-20(23)25(41)39(26)19-11-29(12-19)14-37(15-29)27(42)43-28(4,5)6/h7-8,10,16-17,19H,9,11-15H2,1-6H3,(H,35,36)/t17-/m1/s1. The first-order valence-electron chi connectivity index (χ1n) is 14.4. The Morgan fingerprint density at radius 2 is 1.81 bits per heavy atom. The number of halogens is 4. The number of amides is 2. The zero-order valence-corrected chi connectivity index (χ0v) is 25.9. The molecule has 1 N–H and O–H groups in total. The van der Waals surface area contributed by atoms with E-state index in [1.165, 1.54) is 11.0 Å². The van der Waals surface area contributed by atoms with Gasteiger partial charge in [-0.25, -0.2) is 9.78 Å². The minimum absolute atomic E-state index is 0.0123. The van der Waals surface area contributed by atoms with Crippen molar-refractivity contribution in [1.29, 1.82) is 0 Å². The van der Waals surface area contributed by atoms with E-state index in [0.29, 0.717) is 30.3 Å². The van der Waals surface area contributed by atoms with Gasteiger partial charge in [0.15, 0.2) is 0 Å². The third-order valence-electron chi connectivity index (χ3n) is 8.25. The highest BCUT2D eigenvalue weighted by Gasteiger charge is 2.55. The van der Waals surface area contributed by atoms with Crippen molar-refractivity contribution in [3.05, 3.63) is 56.0 Å². The van der Waals surface area contributed by atoms with E-state index in [1.807, 2.05) is 34.6 Å². The summed E-state index contributed by atoms with van der Waals surface area (Å²) in [6.45, 7) is 12.3. The SMILES string of the molecule is CC(C)Nc1nc2c(c(=O)n1C1CC3(C1)CN(C(=O)OC(C)(C)C)C3)C[C@@H](C)N(C(=O)c1ccc(Cl)c(C(F)(F)F)c1)C2. The molecule has 1 saturated carbocycles. The molecule has 13 heteroatoms. The monoisotopic (exact) mass is 623 g/mol. The molecule has 2 amide bonds. The third kappa shape index (κ3) is 6.07. The van der Waals surface area contributed by atoms with Gasteiger partial charge >= 0.3 is 12.3 Å². The molecule has 3 aliphatic rings. The Bertz CT molecular complexity index is 1500. The van der Waals surface area contributed by atoms with E-state index >= 15 is 0 Å². The fourth-order valence-electron chi connectivity index (χ4n) is 6.28. The molecular formula is C30H37ClF3N5O4. The summed E-state index contributed by atoms with van der Waals surface area (Å²) >= 11 is 5.75. The van der Waals surface area contributed by atoms with Crippen LogP contribution in [0.3, 0.4) is 0 Å². The van der Waals surface area contributed by atoms with Crippen molar-refractivity contribution in [2.45, 2.75) is 97.3 Å². The number of alkyl halides is 3. The van der Waals surface area contributed by atoms with Gasteiger partial charge in [-0.15, -0.1) is 0 Å². The van der Waals surface area contributed by atoms with Crippen molar-refractivity contribution < 1.29 is 27.5 Å². The number of hydrogen-bond donors (Lipinski definition) is 1. The Kier molecular flexibility index (Phi) is 7.76. The fourth-order valence-corrected chi connectivity index (χ4v) is 6.51. The maximum absolute atomic E-state index is 13.9. The van der Waals surface area contributed by atoms with Crippen molar-refractivity contribution in [2.24, 2.45) is 5.41 Å². The highest BCUT2D eigenvalue weighted by molar-refractivity contribution is 6.31. The number of rotatable bonds is 4. The van der Waals surface area contributed by atoms with Gasteiger partial charge in [0.25, 0.3) is 11.5 Å². The number of benzene rings is 1. The minimum atomic E-state index is -4.70. The largest absolute Gasteiger partial charge is 0.444 e. The van der Waals surface area contributed by atoms with Gasteiger partial charge in [-0.3, -0.25) is 14.2 Å². The number of hydrogen-bond acceptors (Lipinski definition) is 6. The Morgan fingerprint density at radius 3 is 2.40 bits per heavy atom. The van der Waals surface area contributed by atoms with Crippen molar-refractivity contribution in [3.8, 4) is 0 Å². The van der Waals surface area contributed by atoms with Gasteiger partial charge in [0, 0.05) is 47.8 Å². The number of aromatic nitrogens is 2. The number of anilines is 1. The van der Waals surface area contributed by atoms with Gasteiger partial charge in [-0.05, 0) is 79.0 Å². The first-order valence-corrected chi connectivity index (χ1v) is 14.8. The Hall–Kier alpha value is -3.28. The van der Waals surface area contributed by atoms with Crippen molar-refractivity contribution in [2.75, 3.05) is 18.4 Å². The normalized spacial score (nSPS) is 20.0. The number of carbonyl (C=O) groups excluding carboxylic acids is 2. The minimum Gasteiger partial charge on any atom is -0.444 e. The van der Waals surface area contributed by atoms with Crippen LogP contribution in [0.4, 0.5) is 23.9 Å². The van der Waals surface area contributed by atoms with Gasteiger partial charge in [-0.2, -0.15) is 13.2 Å². The molecule has 1 saturated heterocycles. The molecule has 3 heterocycles. The Morgan fingerprint density at radius 1 is 1.16 bits per heavy atom. The Labute approximate surface area is 253 Å². The van der Waals surface area contributed by atoms with Crippen molar-refractivity contribution in [1.82, 2.24) is 19.4 Å². The summed E-state index contributed by atoms with van der Waals surface area (Å²) in [6, 6.07) is 2.53. The van der Waals surface area contributed by atoms with E-state index in [1.54, 1.807) is 16.4 Å². The van der Waals surface area contributed by atoms with E-state index in [9.17, 15) is 27.6 Å². The molecule has 2 aliphatic heterocycles. The van der Waals surface area contributed by atoms with E-state index < -0.39 is 34.3 Å². The molecule has 1 aliphatic carbocycles. The topological polar surface area (TPSA) is 96.8 Å². The molecule has 234 valence electrons. The summed E-state index contributed by atoms with van der Waals surface area (Å²) < 4.78 is 47.5. The lowest BCUT2D eigenvalue weighted by Crippen LogP contribution is -2.65. The highest BCUT2D eigenvalue weighted by atomic mass is 35.5.